The Labute approximate surface area is 125 Å². The van der Waals surface area contributed by atoms with E-state index in [2.05, 4.69) is 22.6 Å². The van der Waals surface area contributed by atoms with Gasteiger partial charge in [-0.15, -0.1) is 0 Å². The van der Waals surface area contributed by atoms with Gasteiger partial charge < -0.3 is 14.7 Å². The second-order valence-corrected chi connectivity index (χ2v) is 5.49. The van der Waals surface area contributed by atoms with Crippen LogP contribution >= 0.6 is 34.2 Å². The fourth-order valence-electron chi connectivity index (χ4n) is 1.49. The molecule has 0 saturated carbocycles. The van der Waals surface area contributed by atoms with Crippen LogP contribution in [0.25, 0.3) is 0 Å². The lowest BCUT2D eigenvalue weighted by atomic mass is 10.2. The molecular formula is C12H15ClINO3. The summed E-state index contributed by atoms with van der Waals surface area (Å²) in [6, 6.07) is 5.13. The molecule has 1 aromatic carbocycles. The number of carbonyl (C=O) groups is 1. The predicted molar refractivity (Wildman–Crippen MR) is 79.0 cm³/mol. The van der Waals surface area contributed by atoms with E-state index in [0.717, 1.165) is 3.57 Å². The first-order valence-corrected chi connectivity index (χ1v) is 6.79. The van der Waals surface area contributed by atoms with Crippen molar-refractivity contribution in [3.05, 3.63) is 32.4 Å². The first-order valence-electron chi connectivity index (χ1n) is 5.33. The van der Waals surface area contributed by atoms with Gasteiger partial charge in [-0.3, -0.25) is 4.79 Å². The van der Waals surface area contributed by atoms with Gasteiger partial charge in [0.25, 0.3) is 5.91 Å². The molecule has 1 rings (SSSR count). The highest BCUT2D eigenvalue weighted by atomic mass is 127. The van der Waals surface area contributed by atoms with Gasteiger partial charge in [0.15, 0.2) is 0 Å². The van der Waals surface area contributed by atoms with E-state index in [0.29, 0.717) is 10.6 Å². The molecule has 0 fully saturated rings. The average molecular weight is 384 g/mol. The van der Waals surface area contributed by atoms with Crippen LogP contribution in [0.15, 0.2) is 18.2 Å². The van der Waals surface area contributed by atoms with Crippen LogP contribution in [0.4, 0.5) is 0 Å². The molecule has 0 aliphatic carbocycles. The summed E-state index contributed by atoms with van der Waals surface area (Å²) in [4.78, 5) is 13.5. The van der Waals surface area contributed by atoms with Crippen molar-refractivity contribution in [1.29, 1.82) is 0 Å². The number of benzene rings is 1. The molecule has 6 heteroatoms. The highest BCUT2D eigenvalue weighted by molar-refractivity contribution is 14.1. The molecule has 0 spiro atoms. The first kappa shape index (κ1) is 15.7. The van der Waals surface area contributed by atoms with Crippen LogP contribution in [0.1, 0.15) is 10.4 Å². The van der Waals surface area contributed by atoms with E-state index in [4.69, 9.17) is 16.3 Å². The molecule has 0 aromatic heterocycles. The summed E-state index contributed by atoms with van der Waals surface area (Å²) in [7, 11) is 3.14. The van der Waals surface area contributed by atoms with E-state index in [9.17, 15) is 9.90 Å². The molecule has 0 radical (unpaired) electrons. The van der Waals surface area contributed by atoms with Gasteiger partial charge in [0.2, 0.25) is 0 Å². The van der Waals surface area contributed by atoms with Crippen molar-refractivity contribution < 1.29 is 14.6 Å². The van der Waals surface area contributed by atoms with Gasteiger partial charge in [0.05, 0.1) is 17.7 Å². The van der Waals surface area contributed by atoms with Crippen molar-refractivity contribution in [3.8, 4) is 0 Å². The number of rotatable bonds is 5. The minimum absolute atomic E-state index is 0.177. The van der Waals surface area contributed by atoms with Crippen LogP contribution in [-0.4, -0.2) is 49.3 Å². The number of carbonyl (C=O) groups excluding carboxylic acids is 1. The van der Waals surface area contributed by atoms with Crippen molar-refractivity contribution >= 4 is 40.1 Å². The van der Waals surface area contributed by atoms with Crippen molar-refractivity contribution in [3.63, 3.8) is 0 Å². The van der Waals surface area contributed by atoms with E-state index in [1.54, 1.807) is 25.2 Å². The summed E-state index contributed by atoms with van der Waals surface area (Å²) in [5.74, 6) is -0.177. The topological polar surface area (TPSA) is 49.8 Å². The van der Waals surface area contributed by atoms with Crippen molar-refractivity contribution in [1.82, 2.24) is 4.90 Å². The van der Waals surface area contributed by atoms with Gasteiger partial charge in [-0.05, 0) is 40.8 Å². The molecular weight excluding hydrogens is 368 g/mol. The minimum Gasteiger partial charge on any atom is -0.389 e. The molecule has 1 amide bonds. The zero-order valence-electron chi connectivity index (χ0n) is 10.2. The zero-order chi connectivity index (χ0) is 13.7. The van der Waals surface area contributed by atoms with Crippen LogP contribution in [0.3, 0.4) is 0 Å². The third-order valence-corrected chi connectivity index (χ3v) is 3.93. The van der Waals surface area contributed by atoms with Crippen molar-refractivity contribution in [2.45, 2.75) is 6.10 Å². The standard InChI is InChI=1S/C12H15ClINO3/c1-15(6-9(16)7-18-2)12(17)8-3-4-11(14)10(13)5-8/h3-5,9,16H,6-7H2,1-2H3. The zero-order valence-corrected chi connectivity index (χ0v) is 13.1. The normalized spacial score (nSPS) is 12.3. The van der Waals surface area contributed by atoms with Gasteiger partial charge in [0.1, 0.15) is 0 Å². The van der Waals surface area contributed by atoms with Crippen LogP contribution in [-0.2, 0) is 4.74 Å². The Morgan fingerprint density at radius 2 is 2.28 bits per heavy atom. The molecule has 18 heavy (non-hydrogen) atoms. The van der Waals surface area contributed by atoms with Crippen molar-refractivity contribution in [2.75, 3.05) is 27.3 Å². The van der Waals surface area contributed by atoms with Crippen molar-refractivity contribution in [2.24, 2.45) is 0 Å². The van der Waals surface area contributed by atoms with E-state index >= 15 is 0 Å². The number of aliphatic hydroxyl groups is 1. The third kappa shape index (κ3) is 4.38. The van der Waals surface area contributed by atoms with Crippen LogP contribution in [0, 0.1) is 3.57 Å². The molecule has 100 valence electrons. The van der Waals surface area contributed by atoms with E-state index in [-0.39, 0.29) is 19.1 Å². The second kappa shape index (κ2) is 7.28. The van der Waals surface area contributed by atoms with Crippen LogP contribution < -0.4 is 0 Å². The molecule has 0 aliphatic heterocycles. The maximum atomic E-state index is 12.1. The highest BCUT2D eigenvalue weighted by Gasteiger charge is 2.16. The lowest BCUT2D eigenvalue weighted by Gasteiger charge is -2.20. The predicted octanol–water partition coefficient (Wildman–Crippen LogP) is 2.02. The molecule has 0 bridgehead atoms. The Morgan fingerprint density at radius 1 is 1.61 bits per heavy atom. The lowest BCUT2D eigenvalue weighted by molar-refractivity contribution is 0.0380. The summed E-state index contributed by atoms with van der Waals surface area (Å²) < 4.78 is 5.71. The molecule has 0 heterocycles. The Bertz CT molecular complexity index is 428. The summed E-state index contributed by atoms with van der Waals surface area (Å²) in [5.41, 5.74) is 0.507. The highest BCUT2D eigenvalue weighted by Crippen LogP contribution is 2.20. The number of halogens is 2. The van der Waals surface area contributed by atoms with Crippen LogP contribution in [0.2, 0.25) is 5.02 Å². The number of hydrogen-bond donors (Lipinski definition) is 1. The summed E-state index contributed by atoms with van der Waals surface area (Å²) in [6.45, 7) is 0.418. The number of ether oxygens (including phenoxy) is 1. The van der Waals surface area contributed by atoms with Crippen LogP contribution in [0.5, 0.6) is 0 Å². The van der Waals surface area contributed by atoms with Gasteiger partial charge in [0, 0.05) is 29.8 Å². The number of amides is 1. The Hall–Kier alpha value is -0.370. The molecule has 1 unspecified atom stereocenters. The average Bonchev–Trinajstić information content (AvgIpc) is 2.32. The molecule has 1 N–H and O–H groups in total. The molecule has 1 aromatic rings. The lowest BCUT2D eigenvalue weighted by Crippen LogP contribution is -2.36. The molecule has 0 saturated heterocycles. The van der Waals surface area contributed by atoms with Gasteiger partial charge in [-0.1, -0.05) is 11.6 Å². The number of aliphatic hydroxyl groups excluding tert-OH is 1. The minimum atomic E-state index is -0.691. The Morgan fingerprint density at radius 3 is 2.83 bits per heavy atom. The maximum Gasteiger partial charge on any atom is 0.253 e. The van der Waals surface area contributed by atoms with Gasteiger partial charge in [-0.2, -0.15) is 0 Å². The third-order valence-electron chi connectivity index (χ3n) is 2.36. The molecule has 0 aliphatic rings. The summed E-state index contributed by atoms with van der Waals surface area (Å²) in [5, 5.41) is 10.1. The summed E-state index contributed by atoms with van der Waals surface area (Å²) >= 11 is 8.07. The largest absolute Gasteiger partial charge is 0.389 e. The number of nitrogens with zero attached hydrogens (tertiary/aromatic N) is 1. The second-order valence-electron chi connectivity index (χ2n) is 3.92. The molecule has 4 nitrogen and oxygen atoms in total. The summed E-state index contributed by atoms with van der Waals surface area (Å²) in [6.07, 6.45) is -0.691. The maximum absolute atomic E-state index is 12.1. The number of hydrogen-bond acceptors (Lipinski definition) is 3. The van der Waals surface area contributed by atoms with E-state index in [1.165, 1.54) is 12.0 Å². The number of methoxy groups -OCH3 is 1. The smallest absolute Gasteiger partial charge is 0.253 e. The van der Waals surface area contributed by atoms with E-state index in [1.807, 2.05) is 0 Å². The fraction of sp³-hybridized carbons (Fsp3) is 0.417. The monoisotopic (exact) mass is 383 g/mol. The first-order chi connectivity index (χ1) is 8.45. The van der Waals surface area contributed by atoms with Gasteiger partial charge in [-0.25, -0.2) is 0 Å². The Balaban J connectivity index is 2.71. The quantitative estimate of drug-likeness (QED) is 0.792. The Kier molecular flexibility index (Phi) is 6.34. The van der Waals surface area contributed by atoms with E-state index < -0.39 is 6.10 Å². The molecule has 1 atom stereocenters. The SMILES string of the molecule is COCC(O)CN(C)C(=O)c1ccc(I)c(Cl)c1. The van der Waals surface area contributed by atoms with Gasteiger partial charge >= 0.3 is 0 Å². The number of likely N-dealkylation sites (N-methyl/N-ethyl adjacent to an activating group) is 1. The fourth-order valence-corrected chi connectivity index (χ4v) is 2.01.